The van der Waals surface area contributed by atoms with Crippen molar-refractivity contribution in [2.75, 3.05) is 12.4 Å². The van der Waals surface area contributed by atoms with Crippen LogP contribution in [0.4, 0.5) is 5.69 Å². The Bertz CT molecular complexity index is 2000. The van der Waals surface area contributed by atoms with Gasteiger partial charge in [-0.05, 0) is 76.6 Å². The van der Waals surface area contributed by atoms with Crippen molar-refractivity contribution in [1.29, 1.82) is 0 Å². The summed E-state index contributed by atoms with van der Waals surface area (Å²) in [4.78, 5) is 41.3. The van der Waals surface area contributed by atoms with E-state index in [4.69, 9.17) is 14.1 Å². The number of nitrogens with zero attached hydrogens (tertiary/aromatic N) is 4. The number of aromatic nitrogens is 3. The summed E-state index contributed by atoms with van der Waals surface area (Å²) in [5.74, 6) is 0.741. The molecule has 1 aliphatic heterocycles. The lowest BCUT2D eigenvalue weighted by molar-refractivity contribution is -0.113. The van der Waals surface area contributed by atoms with Crippen LogP contribution in [0.5, 0.6) is 5.75 Å². The summed E-state index contributed by atoms with van der Waals surface area (Å²) in [6.45, 7) is 1.78. The number of nitrogens with one attached hydrogen (secondary N) is 1. The van der Waals surface area contributed by atoms with Crippen LogP contribution < -0.4 is 24.9 Å². The molecule has 1 amide bonds. The van der Waals surface area contributed by atoms with E-state index < -0.39 is 6.04 Å². The molecule has 0 spiro atoms. The van der Waals surface area contributed by atoms with Gasteiger partial charge in [0, 0.05) is 24.2 Å². The van der Waals surface area contributed by atoms with Crippen LogP contribution >= 0.6 is 39.0 Å². The quantitative estimate of drug-likeness (QED) is 0.240. The van der Waals surface area contributed by atoms with Crippen molar-refractivity contribution < 1.29 is 13.9 Å². The Morgan fingerprint density at radius 2 is 1.90 bits per heavy atom. The maximum atomic E-state index is 14.0. The summed E-state index contributed by atoms with van der Waals surface area (Å²) in [5, 5.41) is 4.05. The van der Waals surface area contributed by atoms with Gasteiger partial charge in [-0.2, -0.15) is 0 Å². The molecular formula is C30H22BrN5O4S2. The summed E-state index contributed by atoms with van der Waals surface area (Å²) in [6, 6.07) is 19.3. The number of allylic oxidation sites excluding steroid dienone is 1. The van der Waals surface area contributed by atoms with E-state index in [0.29, 0.717) is 52.5 Å². The molecule has 6 rings (SSSR count). The molecule has 0 unspecified atom stereocenters. The molecule has 12 heteroatoms. The van der Waals surface area contributed by atoms with Gasteiger partial charge in [-0.15, -0.1) is 0 Å². The number of benzene rings is 2. The maximum absolute atomic E-state index is 14.0. The molecule has 1 aliphatic rings. The Hall–Kier alpha value is -4.26. The monoisotopic (exact) mass is 659 g/mol. The summed E-state index contributed by atoms with van der Waals surface area (Å²) < 4.78 is 14.2. The number of halogens is 1. The standard InChI is InChI=1S/C30H22BrN5O4S2/c1-17-24(26(37)35-19-9-4-3-5-10-19)25(18-8-6-11-20(14-18)39-2)36-27(38)23(41-30(36)34-17)16-21-15-22(31)28(40-21)42-29-32-12-7-13-33-29/h3-16,25H,1-2H3,(H,35,37)/b23-16+/t25-/m1/s1. The van der Waals surface area contributed by atoms with Gasteiger partial charge in [0.1, 0.15) is 11.5 Å². The third-order valence-corrected chi connectivity index (χ3v) is 9.10. The number of fused-ring (bicyclic) bond motifs is 1. The van der Waals surface area contributed by atoms with E-state index in [9.17, 15) is 9.59 Å². The lowest BCUT2D eigenvalue weighted by atomic mass is 9.95. The number of thiazole rings is 1. The Kier molecular flexibility index (Phi) is 7.92. The lowest BCUT2D eigenvalue weighted by Crippen LogP contribution is -2.40. The van der Waals surface area contributed by atoms with E-state index in [1.54, 1.807) is 49.2 Å². The van der Waals surface area contributed by atoms with Gasteiger partial charge in [-0.3, -0.25) is 14.2 Å². The van der Waals surface area contributed by atoms with Gasteiger partial charge >= 0.3 is 0 Å². The predicted molar refractivity (Wildman–Crippen MR) is 164 cm³/mol. The third-order valence-electron chi connectivity index (χ3n) is 6.38. The molecular weight excluding hydrogens is 638 g/mol. The summed E-state index contributed by atoms with van der Waals surface area (Å²) in [6.07, 6.45) is 4.99. The van der Waals surface area contributed by atoms with Crippen molar-refractivity contribution in [3.63, 3.8) is 0 Å². The maximum Gasteiger partial charge on any atom is 0.271 e. The largest absolute Gasteiger partial charge is 0.497 e. The van der Waals surface area contributed by atoms with Gasteiger partial charge < -0.3 is 14.5 Å². The molecule has 42 heavy (non-hydrogen) atoms. The topological polar surface area (TPSA) is 112 Å². The number of para-hydroxylation sites is 1. The van der Waals surface area contributed by atoms with Crippen LogP contribution in [-0.4, -0.2) is 27.6 Å². The van der Waals surface area contributed by atoms with Crippen molar-refractivity contribution in [3.05, 3.63) is 126 Å². The first kappa shape index (κ1) is 27.9. The number of anilines is 1. The van der Waals surface area contributed by atoms with Crippen LogP contribution in [0, 0.1) is 0 Å². The fourth-order valence-corrected chi connectivity index (χ4v) is 6.78. The molecule has 5 aromatic rings. The fourth-order valence-electron chi connectivity index (χ4n) is 4.52. The zero-order chi connectivity index (χ0) is 29.2. The summed E-state index contributed by atoms with van der Waals surface area (Å²) in [7, 11) is 1.58. The number of rotatable bonds is 7. The van der Waals surface area contributed by atoms with E-state index in [1.165, 1.54) is 23.1 Å². The highest BCUT2D eigenvalue weighted by atomic mass is 79.9. The Morgan fingerprint density at radius 3 is 2.67 bits per heavy atom. The van der Waals surface area contributed by atoms with Gasteiger partial charge in [0.05, 0.1) is 33.4 Å². The zero-order valence-corrected chi connectivity index (χ0v) is 25.5. The molecule has 1 N–H and O–H groups in total. The molecule has 9 nitrogen and oxygen atoms in total. The Morgan fingerprint density at radius 1 is 1.12 bits per heavy atom. The number of amides is 1. The van der Waals surface area contributed by atoms with Crippen molar-refractivity contribution in [3.8, 4) is 5.75 Å². The summed E-state index contributed by atoms with van der Waals surface area (Å²) >= 11 is 6.02. The normalized spacial score (nSPS) is 14.8. The average Bonchev–Trinajstić information content (AvgIpc) is 3.50. The molecule has 0 bridgehead atoms. The zero-order valence-electron chi connectivity index (χ0n) is 22.3. The molecule has 0 radical (unpaired) electrons. The van der Waals surface area contributed by atoms with Gasteiger partial charge in [-0.1, -0.05) is 41.7 Å². The SMILES string of the molecule is COc1cccc([C@@H]2C(C(=O)Nc3ccccc3)=C(C)N=c3s/c(=C/c4cc(Br)c(Sc5ncccn5)o4)c(=O)n32)c1. The molecule has 2 aromatic carbocycles. The second-order valence-corrected chi connectivity index (χ2v) is 11.9. The first-order valence-electron chi connectivity index (χ1n) is 12.7. The summed E-state index contributed by atoms with van der Waals surface area (Å²) in [5.41, 5.74) is 1.95. The number of ether oxygens (including phenoxy) is 1. The number of furan rings is 1. The number of hydrogen-bond donors (Lipinski definition) is 1. The van der Waals surface area contributed by atoms with E-state index in [1.807, 2.05) is 54.6 Å². The molecule has 4 heterocycles. The first-order chi connectivity index (χ1) is 20.4. The minimum Gasteiger partial charge on any atom is -0.497 e. The number of carbonyl (C=O) groups excluding carboxylic acids is 1. The van der Waals surface area contributed by atoms with Crippen LogP contribution in [0.1, 0.15) is 24.3 Å². The minimum atomic E-state index is -0.730. The average molecular weight is 661 g/mol. The fraction of sp³-hybridized carbons (Fsp3) is 0.100. The molecule has 210 valence electrons. The third kappa shape index (κ3) is 5.60. The van der Waals surface area contributed by atoms with Gasteiger partial charge in [0.25, 0.3) is 11.5 Å². The van der Waals surface area contributed by atoms with E-state index >= 15 is 0 Å². The second-order valence-electron chi connectivity index (χ2n) is 9.10. The molecule has 3 aromatic heterocycles. The van der Waals surface area contributed by atoms with Crippen molar-refractivity contribution in [2.45, 2.75) is 23.2 Å². The van der Waals surface area contributed by atoms with Crippen LogP contribution in [-0.2, 0) is 4.79 Å². The number of methoxy groups -OCH3 is 1. The van der Waals surface area contributed by atoms with Crippen LogP contribution in [0.2, 0.25) is 0 Å². The lowest BCUT2D eigenvalue weighted by Gasteiger charge is -2.25. The van der Waals surface area contributed by atoms with Gasteiger partial charge in [-0.25, -0.2) is 15.0 Å². The molecule has 0 saturated heterocycles. The Balaban J connectivity index is 1.44. The van der Waals surface area contributed by atoms with Crippen LogP contribution in [0.15, 0.2) is 119 Å². The van der Waals surface area contributed by atoms with Gasteiger partial charge in [0.15, 0.2) is 15.1 Å². The second kappa shape index (κ2) is 11.9. The number of hydrogen-bond acceptors (Lipinski definition) is 9. The Labute approximate surface area is 256 Å². The van der Waals surface area contributed by atoms with E-state index in [0.717, 1.165) is 5.56 Å². The highest BCUT2D eigenvalue weighted by Crippen LogP contribution is 2.35. The van der Waals surface area contributed by atoms with Gasteiger partial charge in [0.2, 0.25) is 0 Å². The highest BCUT2D eigenvalue weighted by Gasteiger charge is 2.33. The van der Waals surface area contributed by atoms with Crippen molar-refractivity contribution in [1.82, 2.24) is 14.5 Å². The van der Waals surface area contributed by atoms with Crippen molar-refractivity contribution in [2.24, 2.45) is 4.99 Å². The molecule has 0 aliphatic carbocycles. The molecule has 1 atom stereocenters. The number of carbonyl (C=O) groups is 1. The van der Waals surface area contributed by atoms with Crippen LogP contribution in [0.3, 0.4) is 0 Å². The smallest absolute Gasteiger partial charge is 0.271 e. The predicted octanol–water partition coefficient (Wildman–Crippen LogP) is 5.18. The first-order valence-corrected chi connectivity index (χ1v) is 15.1. The minimum absolute atomic E-state index is 0.294. The van der Waals surface area contributed by atoms with E-state index in [-0.39, 0.29) is 11.5 Å². The highest BCUT2D eigenvalue weighted by molar-refractivity contribution is 9.10. The molecule has 0 fully saturated rings. The van der Waals surface area contributed by atoms with E-state index in [2.05, 4.69) is 31.2 Å². The van der Waals surface area contributed by atoms with Crippen molar-refractivity contribution >= 4 is 56.7 Å². The molecule has 0 saturated carbocycles. The van der Waals surface area contributed by atoms with Crippen LogP contribution in [0.25, 0.3) is 6.08 Å².